The van der Waals surface area contributed by atoms with E-state index in [9.17, 15) is 4.79 Å². The molecule has 13 heavy (non-hydrogen) atoms. The zero-order valence-electron chi connectivity index (χ0n) is 7.08. The Morgan fingerprint density at radius 3 is 2.85 bits per heavy atom. The van der Waals surface area contributed by atoms with Crippen LogP contribution in [0.5, 0.6) is 0 Å². The number of carboxylic acid groups (broad SMARTS) is 1. The Balaban J connectivity index is 2.81. The molecule has 1 aromatic rings. The first kappa shape index (κ1) is 10.1. The third kappa shape index (κ3) is 2.47. The van der Waals surface area contributed by atoms with Crippen LogP contribution in [0.15, 0.2) is 16.5 Å². The van der Waals surface area contributed by atoms with Crippen LogP contribution in [0.3, 0.4) is 0 Å². The van der Waals surface area contributed by atoms with Crippen molar-refractivity contribution in [2.45, 2.75) is 5.92 Å². The van der Waals surface area contributed by atoms with E-state index in [1.54, 1.807) is 13.1 Å². The highest BCUT2D eigenvalue weighted by Crippen LogP contribution is 2.21. The zero-order valence-corrected chi connectivity index (χ0v) is 7.84. The van der Waals surface area contributed by atoms with E-state index >= 15 is 0 Å². The SMILES string of the molecule is CNCC(C(=O)O)c1ccc(Cl)o1. The molecule has 0 aliphatic rings. The Labute approximate surface area is 80.5 Å². The van der Waals surface area contributed by atoms with Gasteiger partial charge in [0.2, 0.25) is 0 Å². The van der Waals surface area contributed by atoms with Crippen LogP contribution in [0, 0.1) is 0 Å². The number of carboxylic acids is 1. The summed E-state index contributed by atoms with van der Waals surface area (Å²) in [6.07, 6.45) is 0. The maximum atomic E-state index is 10.8. The number of likely N-dealkylation sites (N-methyl/N-ethyl adjacent to an activating group) is 1. The molecular weight excluding hydrogens is 194 g/mol. The van der Waals surface area contributed by atoms with Crippen molar-refractivity contribution in [3.8, 4) is 0 Å². The number of halogens is 1. The lowest BCUT2D eigenvalue weighted by molar-refractivity contribution is -0.139. The largest absolute Gasteiger partial charge is 0.481 e. The van der Waals surface area contributed by atoms with E-state index in [0.717, 1.165) is 0 Å². The lowest BCUT2D eigenvalue weighted by atomic mass is 10.1. The molecule has 0 radical (unpaired) electrons. The van der Waals surface area contributed by atoms with Gasteiger partial charge in [-0.2, -0.15) is 0 Å². The molecule has 1 atom stereocenters. The highest BCUT2D eigenvalue weighted by molar-refractivity contribution is 6.28. The molecule has 5 heteroatoms. The van der Waals surface area contributed by atoms with Gasteiger partial charge in [-0.1, -0.05) is 0 Å². The van der Waals surface area contributed by atoms with Crippen molar-refractivity contribution < 1.29 is 14.3 Å². The maximum Gasteiger partial charge on any atom is 0.315 e. The van der Waals surface area contributed by atoms with Crippen LogP contribution in [-0.2, 0) is 4.79 Å². The van der Waals surface area contributed by atoms with Crippen molar-refractivity contribution in [1.82, 2.24) is 5.32 Å². The Morgan fingerprint density at radius 2 is 2.46 bits per heavy atom. The topological polar surface area (TPSA) is 62.5 Å². The predicted octanol–water partition coefficient (Wildman–Crippen LogP) is 1.32. The molecule has 0 saturated heterocycles. The number of hydrogen-bond acceptors (Lipinski definition) is 3. The summed E-state index contributed by atoms with van der Waals surface area (Å²) in [6.45, 7) is 0.319. The van der Waals surface area contributed by atoms with Gasteiger partial charge in [-0.15, -0.1) is 0 Å². The quantitative estimate of drug-likeness (QED) is 0.775. The van der Waals surface area contributed by atoms with Crippen LogP contribution in [0.25, 0.3) is 0 Å². The van der Waals surface area contributed by atoms with Gasteiger partial charge in [0, 0.05) is 6.54 Å². The molecule has 1 rings (SSSR count). The fourth-order valence-corrected chi connectivity index (χ4v) is 1.18. The van der Waals surface area contributed by atoms with Gasteiger partial charge < -0.3 is 14.8 Å². The Kier molecular flexibility index (Phi) is 3.33. The van der Waals surface area contributed by atoms with Gasteiger partial charge in [0.15, 0.2) is 5.22 Å². The zero-order chi connectivity index (χ0) is 9.84. The molecule has 72 valence electrons. The minimum Gasteiger partial charge on any atom is -0.481 e. The second kappa shape index (κ2) is 4.30. The molecule has 0 fully saturated rings. The first-order valence-electron chi connectivity index (χ1n) is 3.77. The molecule has 0 amide bonds. The van der Waals surface area contributed by atoms with E-state index in [2.05, 4.69) is 5.32 Å². The van der Waals surface area contributed by atoms with E-state index in [0.29, 0.717) is 12.3 Å². The van der Waals surface area contributed by atoms with Crippen molar-refractivity contribution in [2.75, 3.05) is 13.6 Å². The highest BCUT2D eigenvalue weighted by atomic mass is 35.5. The summed E-state index contributed by atoms with van der Waals surface area (Å²) < 4.78 is 5.00. The molecule has 0 aliphatic carbocycles. The maximum absolute atomic E-state index is 10.8. The third-order valence-corrected chi connectivity index (χ3v) is 1.85. The van der Waals surface area contributed by atoms with Gasteiger partial charge in [0.1, 0.15) is 11.7 Å². The smallest absolute Gasteiger partial charge is 0.315 e. The lowest BCUT2D eigenvalue weighted by Gasteiger charge is -2.07. The van der Waals surface area contributed by atoms with Crippen LogP contribution in [0.2, 0.25) is 5.22 Å². The fourth-order valence-electron chi connectivity index (χ4n) is 1.03. The van der Waals surface area contributed by atoms with Crippen molar-refractivity contribution in [3.63, 3.8) is 0 Å². The summed E-state index contributed by atoms with van der Waals surface area (Å²) >= 11 is 5.53. The average molecular weight is 204 g/mol. The molecule has 0 bridgehead atoms. The second-order valence-electron chi connectivity index (χ2n) is 2.59. The third-order valence-electron chi connectivity index (χ3n) is 1.64. The first-order chi connectivity index (χ1) is 6.15. The molecule has 0 aromatic carbocycles. The van der Waals surface area contributed by atoms with Crippen LogP contribution in [0.1, 0.15) is 11.7 Å². The molecule has 1 heterocycles. The molecule has 1 aromatic heterocycles. The number of nitrogens with one attached hydrogen (secondary N) is 1. The van der Waals surface area contributed by atoms with Gasteiger partial charge in [0.05, 0.1) is 0 Å². The Hall–Kier alpha value is -1.00. The van der Waals surface area contributed by atoms with Gasteiger partial charge in [0.25, 0.3) is 0 Å². The van der Waals surface area contributed by atoms with Gasteiger partial charge >= 0.3 is 5.97 Å². The van der Waals surface area contributed by atoms with Gasteiger partial charge in [-0.3, -0.25) is 4.79 Å². The summed E-state index contributed by atoms with van der Waals surface area (Å²) in [4.78, 5) is 10.8. The second-order valence-corrected chi connectivity index (χ2v) is 2.96. The molecular formula is C8H10ClNO3. The summed E-state index contributed by atoms with van der Waals surface area (Å²) in [5.74, 6) is -1.25. The van der Waals surface area contributed by atoms with Crippen LogP contribution in [0.4, 0.5) is 0 Å². The normalized spacial score (nSPS) is 12.8. The van der Waals surface area contributed by atoms with Crippen LogP contribution >= 0.6 is 11.6 Å². The van der Waals surface area contributed by atoms with Crippen LogP contribution < -0.4 is 5.32 Å². The average Bonchev–Trinajstić information content (AvgIpc) is 2.46. The van der Waals surface area contributed by atoms with E-state index in [1.807, 2.05) is 0 Å². The predicted molar refractivity (Wildman–Crippen MR) is 48.0 cm³/mol. The van der Waals surface area contributed by atoms with Crippen molar-refractivity contribution in [3.05, 3.63) is 23.1 Å². The van der Waals surface area contributed by atoms with Gasteiger partial charge in [-0.25, -0.2) is 0 Å². The van der Waals surface area contributed by atoms with Gasteiger partial charge in [-0.05, 0) is 30.8 Å². The number of hydrogen-bond donors (Lipinski definition) is 2. The standard InChI is InChI=1S/C8H10ClNO3/c1-10-4-5(8(11)12)6-2-3-7(9)13-6/h2-3,5,10H,4H2,1H3,(H,11,12). The lowest BCUT2D eigenvalue weighted by Crippen LogP contribution is -2.23. The van der Waals surface area contributed by atoms with E-state index in [-0.39, 0.29) is 5.22 Å². The van der Waals surface area contributed by atoms with E-state index < -0.39 is 11.9 Å². The van der Waals surface area contributed by atoms with Crippen LogP contribution in [-0.4, -0.2) is 24.7 Å². The minimum atomic E-state index is -0.930. The van der Waals surface area contributed by atoms with Crippen molar-refractivity contribution >= 4 is 17.6 Å². The van der Waals surface area contributed by atoms with E-state index in [1.165, 1.54) is 6.07 Å². The summed E-state index contributed by atoms with van der Waals surface area (Å²) in [5, 5.41) is 11.8. The number of aliphatic carboxylic acids is 1. The number of carbonyl (C=O) groups is 1. The monoisotopic (exact) mass is 203 g/mol. The van der Waals surface area contributed by atoms with Crippen molar-refractivity contribution in [1.29, 1.82) is 0 Å². The van der Waals surface area contributed by atoms with Crippen molar-refractivity contribution in [2.24, 2.45) is 0 Å². The minimum absolute atomic E-state index is 0.206. The molecule has 4 nitrogen and oxygen atoms in total. The molecule has 0 aliphatic heterocycles. The van der Waals surface area contributed by atoms with E-state index in [4.69, 9.17) is 21.1 Å². The molecule has 1 unspecified atom stereocenters. The molecule has 2 N–H and O–H groups in total. The molecule has 0 spiro atoms. The summed E-state index contributed by atoms with van der Waals surface area (Å²) in [6, 6.07) is 3.10. The summed E-state index contributed by atoms with van der Waals surface area (Å²) in [7, 11) is 1.68. The Morgan fingerprint density at radius 1 is 1.77 bits per heavy atom. The number of furan rings is 1. The summed E-state index contributed by atoms with van der Waals surface area (Å²) in [5.41, 5.74) is 0. The fraction of sp³-hybridized carbons (Fsp3) is 0.375. The highest BCUT2D eigenvalue weighted by Gasteiger charge is 2.22. The first-order valence-corrected chi connectivity index (χ1v) is 4.15. The Bertz CT molecular complexity index is 297. The molecule has 0 saturated carbocycles. The number of rotatable bonds is 4.